The fraction of sp³-hybridized carbons (Fsp3) is 0.577. The molecule has 0 unspecified atom stereocenters. The lowest BCUT2D eigenvalue weighted by Crippen LogP contribution is -2.70. The summed E-state index contributed by atoms with van der Waals surface area (Å²) in [5, 5.41) is 14.1. The van der Waals surface area contributed by atoms with Gasteiger partial charge < -0.3 is 9.84 Å². The van der Waals surface area contributed by atoms with E-state index < -0.39 is 69.0 Å². The van der Waals surface area contributed by atoms with Crippen molar-refractivity contribution < 1.29 is 33.0 Å². The molecule has 0 bridgehead atoms. The van der Waals surface area contributed by atoms with Crippen LogP contribution in [0, 0.1) is 28.6 Å². The van der Waals surface area contributed by atoms with Crippen molar-refractivity contribution in [3.63, 3.8) is 0 Å². The number of fused-ring (bicyclic) bond motifs is 5. The van der Waals surface area contributed by atoms with Crippen molar-refractivity contribution in [2.75, 3.05) is 0 Å². The summed E-state index contributed by atoms with van der Waals surface area (Å²) in [6, 6.07) is 1.59. The largest absolute Gasteiger partial charge is 0.446 e. The number of aliphatic hydroxyl groups is 1. The molecule has 0 aromatic carbocycles. The average Bonchev–Trinajstić information content (AvgIpc) is 3.39. The van der Waals surface area contributed by atoms with E-state index in [2.05, 4.69) is 12.6 Å². The molecule has 9 heteroatoms. The molecule has 1 heterocycles. The van der Waals surface area contributed by atoms with Crippen LogP contribution < -0.4 is 0 Å². The van der Waals surface area contributed by atoms with Crippen LogP contribution in [-0.2, 0) is 14.3 Å². The number of ether oxygens (including phenoxy) is 1. The molecule has 5 rings (SSSR count). The molecular weight excluding hydrogens is 494 g/mol. The Kier molecular flexibility index (Phi) is 5.55. The summed E-state index contributed by atoms with van der Waals surface area (Å²) in [6.07, 6.45) is 0.450. The molecule has 1 aromatic rings. The lowest BCUT2D eigenvalue weighted by atomic mass is 9.44. The molecule has 9 atom stereocenters. The summed E-state index contributed by atoms with van der Waals surface area (Å²) >= 11 is 5.46. The van der Waals surface area contributed by atoms with Crippen LogP contribution in [0.4, 0.5) is 8.78 Å². The molecule has 188 valence electrons. The van der Waals surface area contributed by atoms with Gasteiger partial charge >= 0.3 is 5.97 Å². The van der Waals surface area contributed by atoms with Gasteiger partial charge in [-0.25, -0.2) is 13.6 Å². The molecule has 1 aromatic heterocycles. The number of thiophene rings is 1. The van der Waals surface area contributed by atoms with Crippen LogP contribution in [0.5, 0.6) is 0 Å². The van der Waals surface area contributed by atoms with Gasteiger partial charge in [-0.05, 0) is 61.3 Å². The Morgan fingerprint density at radius 3 is 2.60 bits per heavy atom. The molecule has 4 aliphatic carbocycles. The van der Waals surface area contributed by atoms with E-state index in [9.17, 15) is 19.5 Å². The molecule has 3 saturated carbocycles. The maximum Gasteiger partial charge on any atom is 0.340 e. The van der Waals surface area contributed by atoms with E-state index in [1.54, 1.807) is 30.7 Å². The van der Waals surface area contributed by atoms with Crippen LogP contribution in [-0.4, -0.2) is 45.5 Å². The Labute approximate surface area is 212 Å². The number of thiol groups is 1. The van der Waals surface area contributed by atoms with Gasteiger partial charge in [-0.2, -0.15) is 11.3 Å². The number of esters is 1. The van der Waals surface area contributed by atoms with Gasteiger partial charge in [0.1, 0.15) is 6.17 Å². The summed E-state index contributed by atoms with van der Waals surface area (Å²) in [4.78, 5) is 38.2. The predicted molar refractivity (Wildman–Crippen MR) is 130 cm³/mol. The Morgan fingerprint density at radius 1 is 1.26 bits per heavy atom. The van der Waals surface area contributed by atoms with Crippen LogP contribution >= 0.6 is 24.0 Å². The van der Waals surface area contributed by atoms with E-state index >= 15 is 8.78 Å². The summed E-state index contributed by atoms with van der Waals surface area (Å²) in [6.45, 7) is 5.01. The lowest BCUT2D eigenvalue weighted by Gasteiger charge is -2.63. The summed E-state index contributed by atoms with van der Waals surface area (Å²) in [5.41, 5.74) is -6.35. The van der Waals surface area contributed by atoms with Gasteiger partial charge in [0, 0.05) is 28.0 Å². The maximum absolute atomic E-state index is 17.3. The number of carbonyl (C=O) groups is 3. The van der Waals surface area contributed by atoms with Crippen LogP contribution in [0.3, 0.4) is 0 Å². The van der Waals surface area contributed by atoms with E-state index in [1.807, 2.05) is 0 Å². The zero-order valence-electron chi connectivity index (χ0n) is 19.7. The smallest absolute Gasteiger partial charge is 0.340 e. The normalized spacial score (nSPS) is 46.3. The highest BCUT2D eigenvalue weighted by Crippen LogP contribution is 2.71. The minimum atomic E-state index is -2.27. The molecule has 4 aliphatic rings. The van der Waals surface area contributed by atoms with E-state index in [-0.39, 0.29) is 18.4 Å². The zero-order chi connectivity index (χ0) is 25.6. The van der Waals surface area contributed by atoms with Crippen molar-refractivity contribution in [1.82, 2.24) is 0 Å². The number of aliphatic hydroxyl groups excluding tert-OH is 1. The van der Waals surface area contributed by atoms with Crippen molar-refractivity contribution in [2.24, 2.45) is 28.6 Å². The van der Waals surface area contributed by atoms with Crippen molar-refractivity contribution in [3.05, 3.63) is 46.2 Å². The van der Waals surface area contributed by atoms with E-state index in [0.717, 1.165) is 6.08 Å². The van der Waals surface area contributed by atoms with Crippen LogP contribution in [0.1, 0.15) is 50.4 Å². The number of rotatable bonds is 3. The molecule has 35 heavy (non-hydrogen) atoms. The monoisotopic (exact) mass is 522 g/mol. The zero-order valence-corrected chi connectivity index (χ0v) is 21.4. The predicted octanol–water partition coefficient (Wildman–Crippen LogP) is 4.66. The molecule has 5 nitrogen and oxygen atoms in total. The molecule has 0 spiro atoms. The number of allylic oxidation sites excluding steroid dienone is 4. The average molecular weight is 523 g/mol. The van der Waals surface area contributed by atoms with Crippen LogP contribution in [0.25, 0.3) is 0 Å². The van der Waals surface area contributed by atoms with Gasteiger partial charge in [0.15, 0.2) is 17.1 Å². The highest BCUT2D eigenvalue weighted by Gasteiger charge is 2.78. The van der Waals surface area contributed by atoms with Gasteiger partial charge in [-0.3, -0.25) is 9.59 Å². The minimum absolute atomic E-state index is 0.0397. The fourth-order valence-corrected chi connectivity index (χ4v) is 8.97. The Bertz CT molecular complexity index is 1160. The van der Waals surface area contributed by atoms with Gasteiger partial charge in [0.2, 0.25) is 5.12 Å². The first kappa shape index (κ1) is 24.8. The second kappa shape index (κ2) is 7.83. The molecule has 0 aliphatic heterocycles. The van der Waals surface area contributed by atoms with Gasteiger partial charge in [-0.1, -0.05) is 19.9 Å². The van der Waals surface area contributed by atoms with Gasteiger partial charge in [0.25, 0.3) is 0 Å². The van der Waals surface area contributed by atoms with Crippen molar-refractivity contribution in [1.29, 1.82) is 0 Å². The Hall–Kier alpha value is -1.84. The first-order chi connectivity index (χ1) is 16.3. The topological polar surface area (TPSA) is 80.7 Å². The van der Waals surface area contributed by atoms with Gasteiger partial charge in [-0.15, -0.1) is 12.6 Å². The summed E-state index contributed by atoms with van der Waals surface area (Å²) < 4.78 is 38.8. The lowest BCUT2D eigenvalue weighted by molar-refractivity contribution is -0.221. The Morgan fingerprint density at radius 2 is 1.97 bits per heavy atom. The van der Waals surface area contributed by atoms with E-state index in [4.69, 9.17) is 4.74 Å². The first-order valence-electron chi connectivity index (χ1n) is 11.8. The number of hydrogen-bond acceptors (Lipinski definition) is 6. The SMILES string of the molecule is C[C@@H]1C[C@H]2[C@@H]3C[C@H](F)C4=CC(=O)C=C[C@]4(C)[C@@]3(F)[C@@H](O)C[C@]2(C)[C@@]1(OC(=O)c1ccsc1)C(=O)S. The van der Waals surface area contributed by atoms with E-state index in [0.29, 0.717) is 12.0 Å². The third-order valence-electron chi connectivity index (χ3n) is 9.50. The van der Waals surface area contributed by atoms with Gasteiger partial charge in [0.05, 0.1) is 11.7 Å². The first-order valence-corrected chi connectivity index (χ1v) is 13.2. The van der Waals surface area contributed by atoms with Crippen LogP contribution in [0.2, 0.25) is 0 Å². The summed E-state index contributed by atoms with van der Waals surface area (Å²) in [7, 11) is 0. The third-order valence-corrected chi connectivity index (χ3v) is 10.5. The number of alkyl halides is 2. The fourth-order valence-electron chi connectivity index (χ4n) is 7.83. The number of hydrogen-bond donors (Lipinski definition) is 2. The maximum atomic E-state index is 17.3. The molecular formula is C26H28F2O5S2. The third kappa shape index (κ3) is 2.98. The minimum Gasteiger partial charge on any atom is -0.446 e. The number of carbonyl (C=O) groups excluding carboxylic acids is 3. The highest BCUT2D eigenvalue weighted by molar-refractivity contribution is 7.96. The molecule has 3 fully saturated rings. The molecule has 0 saturated heterocycles. The van der Waals surface area contributed by atoms with Crippen molar-refractivity contribution in [2.45, 2.75) is 63.6 Å². The van der Waals surface area contributed by atoms with E-state index in [1.165, 1.54) is 30.4 Å². The Balaban J connectivity index is 1.62. The second-order valence-electron chi connectivity index (χ2n) is 10.9. The summed E-state index contributed by atoms with van der Waals surface area (Å²) in [5.74, 6) is -3.17. The molecule has 0 radical (unpaired) electrons. The number of halogens is 2. The standard InChI is InChI=1S/C26H28F2O5S2/c1-13-8-16-17-10-19(27)18-9-15(29)4-6-23(18,2)25(17,28)20(30)11-24(16,3)26(13,22(32)34)33-21(31)14-5-7-35-12-14/h4-7,9,12-13,16-17,19-20,30H,8,10-11H2,1-3H3,(H,32,34)/t13-,16+,17+,19+,20+,23+,24+,25+,26+/m1/s1. The van der Waals surface area contributed by atoms with Crippen molar-refractivity contribution >= 4 is 40.8 Å². The highest BCUT2D eigenvalue weighted by atomic mass is 32.1. The quantitative estimate of drug-likeness (QED) is 0.446. The van der Waals surface area contributed by atoms with Crippen LogP contribution in [0.15, 0.2) is 40.6 Å². The van der Waals surface area contributed by atoms with Crippen molar-refractivity contribution in [3.8, 4) is 0 Å². The number of ketones is 1. The second-order valence-corrected chi connectivity index (χ2v) is 12.1. The molecule has 0 amide bonds. The molecule has 1 N–H and O–H groups in total.